The zero-order valence-electron chi connectivity index (χ0n) is 11.4. The lowest BCUT2D eigenvalue weighted by molar-refractivity contribution is 0.103. The molecule has 0 saturated heterocycles. The van der Waals surface area contributed by atoms with Crippen molar-refractivity contribution in [3.05, 3.63) is 58.7 Å². The molecule has 0 radical (unpaired) electrons. The van der Waals surface area contributed by atoms with Gasteiger partial charge in [0.1, 0.15) is 0 Å². The molecule has 3 rings (SSSR count). The molecule has 0 unspecified atom stereocenters. The Hall–Kier alpha value is -2.07. The molecule has 0 aliphatic heterocycles. The van der Waals surface area contributed by atoms with Crippen molar-refractivity contribution in [2.75, 3.05) is 0 Å². The molecule has 1 aliphatic carbocycles. The molecule has 2 aromatic rings. The predicted molar refractivity (Wildman–Crippen MR) is 78.8 cm³/mol. The summed E-state index contributed by atoms with van der Waals surface area (Å²) in [6, 6.07) is 7.22. The standard InChI is InChI=1S/C14H10O7S2/c15-14-12-4-3-10(22(16,17)18)6-9(12)5-8-1-2-11(7-13(8)14)23(19,20)21/h1-4,6-7H,5H2,(H,16,17,18)(H,19,20,21). The zero-order chi connectivity index (χ0) is 17.0. The Bertz CT molecular complexity index is 1050. The molecule has 0 atom stereocenters. The van der Waals surface area contributed by atoms with E-state index in [1.54, 1.807) is 0 Å². The lowest BCUT2D eigenvalue weighted by Gasteiger charge is -2.19. The first-order chi connectivity index (χ1) is 10.6. The van der Waals surface area contributed by atoms with Crippen LogP contribution in [-0.2, 0) is 26.7 Å². The smallest absolute Gasteiger partial charge is 0.289 e. The summed E-state index contributed by atoms with van der Waals surface area (Å²) in [5.74, 6) is -0.478. The van der Waals surface area contributed by atoms with Crippen molar-refractivity contribution >= 4 is 26.0 Å². The molecule has 0 amide bonds. The van der Waals surface area contributed by atoms with E-state index in [9.17, 15) is 21.6 Å². The van der Waals surface area contributed by atoms with E-state index >= 15 is 0 Å². The van der Waals surface area contributed by atoms with Gasteiger partial charge in [-0.15, -0.1) is 0 Å². The molecule has 0 bridgehead atoms. The summed E-state index contributed by atoms with van der Waals surface area (Å²) in [5, 5.41) is 0. The second-order valence-electron chi connectivity index (χ2n) is 5.09. The Morgan fingerprint density at radius 1 is 0.739 bits per heavy atom. The van der Waals surface area contributed by atoms with Crippen LogP contribution in [0.2, 0.25) is 0 Å². The highest BCUT2D eigenvalue weighted by atomic mass is 32.2. The average Bonchev–Trinajstić information content (AvgIpc) is 2.44. The van der Waals surface area contributed by atoms with Crippen LogP contribution in [0.25, 0.3) is 0 Å². The van der Waals surface area contributed by atoms with E-state index < -0.39 is 26.0 Å². The van der Waals surface area contributed by atoms with Crippen molar-refractivity contribution in [2.24, 2.45) is 0 Å². The number of hydrogen-bond acceptors (Lipinski definition) is 5. The van der Waals surface area contributed by atoms with Crippen molar-refractivity contribution < 1.29 is 30.7 Å². The van der Waals surface area contributed by atoms with Crippen molar-refractivity contribution in [1.82, 2.24) is 0 Å². The minimum Gasteiger partial charge on any atom is -0.289 e. The first-order valence-electron chi connectivity index (χ1n) is 6.33. The lowest BCUT2D eigenvalue weighted by Crippen LogP contribution is -2.17. The number of ketones is 1. The summed E-state index contributed by atoms with van der Waals surface area (Å²) in [5.41, 5.74) is 1.27. The third-order valence-electron chi connectivity index (χ3n) is 3.62. The van der Waals surface area contributed by atoms with E-state index in [-0.39, 0.29) is 27.3 Å². The van der Waals surface area contributed by atoms with Crippen LogP contribution in [0, 0.1) is 0 Å². The fourth-order valence-corrected chi connectivity index (χ4v) is 3.57. The summed E-state index contributed by atoms with van der Waals surface area (Å²) in [6.45, 7) is 0. The van der Waals surface area contributed by atoms with Crippen LogP contribution in [0.5, 0.6) is 0 Å². The topological polar surface area (TPSA) is 126 Å². The third kappa shape index (κ3) is 2.79. The SMILES string of the molecule is O=C1c2ccc(S(=O)(=O)O)cc2Cc2ccc(S(=O)(=O)O)cc21. The monoisotopic (exact) mass is 354 g/mol. The highest BCUT2D eigenvalue weighted by Crippen LogP contribution is 2.30. The first-order valence-corrected chi connectivity index (χ1v) is 9.21. The van der Waals surface area contributed by atoms with Gasteiger partial charge in [-0.3, -0.25) is 13.9 Å². The van der Waals surface area contributed by atoms with Crippen molar-refractivity contribution in [2.45, 2.75) is 16.2 Å². The predicted octanol–water partition coefficient (Wildman–Crippen LogP) is 1.32. The third-order valence-corrected chi connectivity index (χ3v) is 5.32. The summed E-state index contributed by atoms with van der Waals surface area (Å²) in [4.78, 5) is 11.8. The Labute approximate surface area is 132 Å². The number of fused-ring (bicyclic) bond motifs is 2. The molecule has 0 saturated carbocycles. The van der Waals surface area contributed by atoms with Gasteiger partial charge in [-0.25, -0.2) is 0 Å². The highest BCUT2D eigenvalue weighted by Gasteiger charge is 2.26. The Balaban J connectivity index is 2.16. The van der Waals surface area contributed by atoms with E-state index in [0.717, 1.165) is 12.1 Å². The maximum atomic E-state index is 12.5. The van der Waals surface area contributed by atoms with Crippen LogP contribution in [-0.4, -0.2) is 31.7 Å². The zero-order valence-corrected chi connectivity index (χ0v) is 13.1. The molecule has 0 aromatic heterocycles. The molecular formula is C14H10O7S2. The van der Waals surface area contributed by atoms with Gasteiger partial charge in [-0.2, -0.15) is 16.8 Å². The van der Waals surface area contributed by atoms with Crippen molar-refractivity contribution in [3.63, 3.8) is 0 Å². The summed E-state index contributed by atoms with van der Waals surface area (Å²) < 4.78 is 62.8. The van der Waals surface area contributed by atoms with Crippen molar-refractivity contribution in [3.8, 4) is 0 Å². The Kier molecular flexibility index (Phi) is 3.41. The number of carbonyl (C=O) groups excluding carboxylic acids is 1. The molecule has 0 heterocycles. The molecule has 120 valence electrons. The van der Waals surface area contributed by atoms with Crippen LogP contribution >= 0.6 is 0 Å². The first kappa shape index (κ1) is 15.8. The molecule has 7 nitrogen and oxygen atoms in total. The molecule has 0 spiro atoms. The Morgan fingerprint density at radius 3 is 1.91 bits per heavy atom. The van der Waals surface area contributed by atoms with Gasteiger partial charge in [0.2, 0.25) is 0 Å². The van der Waals surface area contributed by atoms with Gasteiger partial charge in [-0.05, 0) is 47.9 Å². The van der Waals surface area contributed by atoms with Crippen LogP contribution < -0.4 is 0 Å². The maximum absolute atomic E-state index is 12.5. The van der Waals surface area contributed by atoms with Gasteiger partial charge in [0.25, 0.3) is 20.2 Å². The molecule has 1 aliphatic rings. The highest BCUT2D eigenvalue weighted by molar-refractivity contribution is 7.86. The fraction of sp³-hybridized carbons (Fsp3) is 0.0714. The van der Waals surface area contributed by atoms with E-state index in [0.29, 0.717) is 11.1 Å². The van der Waals surface area contributed by atoms with Crippen LogP contribution in [0.3, 0.4) is 0 Å². The second-order valence-corrected chi connectivity index (χ2v) is 7.94. The average molecular weight is 354 g/mol. The summed E-state index contributed by atoms with van der Waals surface area (Å²) in [7, 11) is -8.81. The van der Waals surface area contributed by atoms with E-state index in [2.05, 4.69) is 0 Å². The maximum Gasteiger partial charge on any atom is 0.294 e. The molecule has 9 heteroatoms. The molecule has 0 fully saturated rings. The van der Waals surface area contributed by atoms with E-state index in [1.807, 2.05) is 0 Å². The van der Waals surface area contributed by atoms with Crippen molar-refractivity contribution in [1.29, 1.82) is 0 Å². The molecule has 2 aromatic carbocycles. The Morgan fingerprint density at radius 2 is 1.30 bits per heavy atom. The van der Waals surface area contributed by atoms with Crippen LogP contribution in [0.1, 0.15) is 27.0 Å². The molecular weight excluding hydrogens is 344 g/mol. The van der Waals surface area contributed by atoms with Gasteiger partial charge >= 0.3 is 0 Å². The lowest BCUT2D eigenvalue weighted by atomic mass is 9.85. The molecule has 23 heavy (non-hydrogen) atoms. The van der Waals surface area contributed by atoms with E-state index in [1.165, 1.54) is 24.3 Å². The number of carbonyl (C=O) groups is 1. The molecule has 2 N–H and O–H groups in total. The quantitative estimate of drug-likeness (QED) is 0.665. The number of rotatable bonds is 2. The van der Waals surface area contributed by atoms with Gasteiger partial charge in [0.05, 0.1) is 9.79 Å². The van der Waals surface area contributed by atoms with Crippen LogP contribution in [0.4, 0.5) is 0 Å². The fourth-order valence-electron chi connectivity index (χ4n) is 2.53. The number of benzene rings is 2. The number of hydrogen-bond donors (Lipinski definition) is 2. The van der Waals surface area contributed by atoms with Gasteiger partial charge in [0.15, 0.2) is 5.78 Å². The summed E-state index contributed by atoms with van der Waals surface area (Å²) >= 11 is 0. The minimum absolute atomic E-state index is 0.132. The minimum atomic E-state index is -4.43. The second kappa shape index (κ2) is 4.96. The summed E-state index contributed by atoms with van der Waals surface area (Å²) in [6.07, 6.45) is 0.200. The van der Waals surface area contributed by atoms with E-state index in [4.69, 9.17) is 9.11 Å². The normalized spacial score (nSPS) is 14.3. The van der Waals surface area contributed by atoms with Crippen LogP contribution in [0.15, 0.2) is 46.2 Å². The van der Waals surface area contributed by atoms with Gasteiger partial charge < -0.3 is 0 Å². The van der Waals surface area contributed by atoms with Gasteiger partial charge in [0, 0.05) is 11.1 Å². The largest absolute Gasteiger partial charge is 0.294 e. The van der Waals surface area contributed by atoms with Gasteiger partial charge in [-0.1, -0.05) is 6.07 Å².